The normalized spacial score (nSPS) is 11.0. The van der Waals surface area contributed by atoms with Crippen molar-refractivity contribution in [1.29, 1.82) is 0 Å². The molecule has 0 unspecified atom stereocenters. The highest BCUT2D eigenvalue weighted by molar-refractivity contribution is 7.88. The van der Waals surface area contributed by atoms with Gasteiger partial charge in [-0.2, -0.15) is 4.31 Å². The van der Waals surface area contributed by atoms with Gasteiger partial charge in [-0.3, -0.25) is 0 Å². The van der Waals surface area contributed by atoms with Gasteiger partial charge in [0, 0.05) is 13.1 Å². The van der Waals surface area contributed by atoms with E-state index in [1.165, 1.54) is 41.0 Å². The van der Waals surface area contributed by atoms with Crippen LogP contribution in [0, 0.1) is 0 Å². The molecule has 4 heteroatoms. The average molecular weight is 472 g/mol. The van der Waals surface area contributed by atoms with Crippen LogP contribution in [-0.4, -0.2) is 19.0 Å². The standard InChI is InChI=1S/C15H17NO2S.C15H16/c1-19(17,18)16(12-14-8-4-2-5-9-14)13-15-10-6-3-7-11-15;1-3-8-14(9-4-1)12-7-13-15-10-5-2-6-11-15/h2-11H,12-13H2,1H3;1-6,8-11H,7,12-13H2. The first-order chi connectivity index (χ1) is 16.5. The highest BCUT2D eigenvalue weighted by atomic mass is 32.2. The van der Waals surface area contributed by atoms with E-state index in [1.54, 1.807) is 0 Å². The zero-order chi connectivity index (χ0) is 24.1. The molecular weight excluding hydrogens is 438 g/mol. The van der Waals surface area contributed by atoms with Gasteiger partial charge in [-0.1, -0.05) is 121 Å². The summed E-state index contributed by atoms with van der Waals surface area (Å²) in [6, 6.07) is 40.6. The molecule has 0 aromatic heterocycles. The van der Waals surface area contributed by atoms with Gasteiger partial charge in [-0.25, -0.2) is 8.42 Å². The fourth-order valence-corrected chi connectivity index (χ4v) is 4.42. The molecule has 0 aliphatic carbocycles. The molecule has 3 nitrogen and oxygen atoms in total. The molecule has 4 aromatic rings. The van der Waals surface area contributed by atoms with Crippen molar-refractivity contribution in [3.05, 3.63) is 144 Å². The summed E-state index contributed by atoms with van der Waals surface area (Å²) < 4.78 is 25.2. The summed E-state index contributed by atoms with van der Waals surface area (Å²) in [5, 5.41) is 0. The van der Waals surface area contributed by atoms with Gasteiger partial charge in [0.15, 0.2) is 0 Å². The number of aryl methyl sites for hydroxylation is 2. The Hall–Kier alpha value is -3.21. The van der Waals surface area contributed by atoms with E-state index in [-0.39, 0.29) is 0 Å². The van der Waals surface area contributed by atoms with E-state index in [9.17, 15) is 8.42 Å². The molecule has 4 aromatic carbocycles. The van der Waals surface area contributed by atoms with E-state index < -0.39 is 10.0 Å². The monoisotopic (exact) mass is 471 g/mol. The Labute approximate surface area is 204 Å². The number of nitrogens with zero attached hydrogens (tertiary/aromatic N) is 1. The van der Waals surface area contributed by atoms with Crippen molar-refractivity contribution in [3.8, 4) is 0 Å². The highest BCUT2D eigenvalue weighted by Gasteiger charge is 2.17. The third-order valence-corrected chi connectivity index (χ3v) is 6.69. The highest BCUT2D eigenvalue weighted by Crippen LogP contribution is 2.13. The maximum Gasteiger partial charge on any atom is 0.211 e. The second-order valence-electron chi connectivity index (χ2n) is 8.33. The van der Waals surface area contributed by atoms with Crippen LogP contribution in [0.2, 0.25) is 0 Å². The summed E-state index contributed by atoms with van der Waals surface area (Å²) in [6.45, 7) is 0.795. The van der Waals surface area contributed by atoms with E-state index >= 15 is 0 Å². The Morgan fingerprint density at radius 3 is 1.09 bits per heavy atom. The molecule has 176 valence electrons. The fourth-order valence-electron chi connectivity index (χ4n) is 3.65. The van der Waals surface area contributed by atoms with Gasteiger partial charge in [0.2, 0.25) is 10.0 Å². The van der Waals surface area contributed by atoms with Crippen LogP contribution in [0.5, 0.6) is 0 Å². The van der Waals surface area contributed by atoms with Gasteiger partial charge < -0.3 is 0 Å². The Morgan fingerprint density at radius 2 is 0.794 bits per heavy atom. The minimum absolute atomic E-state index is 0.397. The lowest BCUT2D eigenvalue weighted by molar-refractivity contribution is 0.405. The second kappa shape index (κ2) is 13.5. The van der Waals surface area contributed by atoms with E-state index in [0.29, 0.717) is 13.1 Å². The second-order valence-corrected chi connectivity index (χ2v) is 10.3. The smallest absolute Gasteiger partial charge is 0.211 e. The van der Waals surface area contributed by atoms with Crippen LogP contribution in [0.1, 0.15) is 28.7 Å². The molecule has 4 rings (SSSR count). The molecule has 0 N–H and O–H groups in total. The van der Waals surface area contributed by atoms with Crippen LogP contribution in [0.4, 0.5) is 0 Å². The lowest BCUT2D eigenvalue weighted by Crippen LogP contribution is -2.29. The average Bonchev–Trinajstić information content (AvgIpc) is 2.86. The predicted octanol–water partition coefficient (Wildman–Crippen LogP) is 6.51. The van der Waals surface area contributed by atoms with Gasteiger partial charge in [0.1, 0.15) is 0 Å². The van der Waals surface area contributed by atoms with Crippen molar-refractivity contribution in [2.45, 2.75) is 32.4 Å². The lowest BCUT2D eigenvalue weighted by Gasteiger charge is -2.20. The molecule has 0 aliphatic rings. The lowest BCUT2D eigenvalue weighted by atomic mass is 10.0. The number of benzene rings is 4. The number of hydrogen-bond acceptors (Lipinski definition) is 2. The number of hydrogen-bond donors (Lipinski definition) is 0. The molecular formula is C30H33NO2S. The Kier molecular flexibility index (Phi) is 10.1. The van der Waals surface area contributed by atoms with Crippen LogP contribution in [0.25, 0.3) is 0 Å². The number of rotatable bonds is 9. The summed E-state index contributed by atoms with van der Waals surface area (Å²) >= 11 is 0. The topological polar surface area (TPSA) is 37.4 Å². The van der Waals surface area contributed by atoms with Crippen LogP contribution in [0.3, 0.4) is 0 Å². The predicted molar refractivity (Wildman–Crippen MR) is 142 cm³/mol. The fraction of sp³-hybridized carbons (Fsp3) is 0.200. The molecule has 0 amide bonds. The Morgan fingerprint density at radius 1 is 0.500 bits per heavy atom. The van der Waals surface area contributed by atoms with Crippen LogP contribution >= 0.6 is 0 Å². The zero-order valence-electron chi connectivity index (χ0n) is 19.8. The minimum atomic E-state index is -3.23. The summed E-state index contributed by atoms with van der Waals surface area (Å²) in [5.74, 6) is 0. The van der Waals surface area contributed by atoms with E-state index in [1.807, 2.05) is 60.7 Å². The summed E-state index contributed by atoms with van der Waals surface area (Å²) in [5.41, 5.74) is 4.86. The Balaban J connectivity index is 0.000000196. The molecule has 0 radical (unpaired) electrons. The molecule has 0 saturated heterocycles. The van der Waals surface area contributed by atoms with Crippen molar-refractivity contribution >= 4 is 10.0 Å². The quantitative estimate of drug-likeness (QED) is 0.279. The van der Waals surface area contributed by atoms with Crippen molar-refractivity contribution in [1.82, 2.24) is 4.31 Å². The van der Waals surface area contributed by atoms with Gasteiger partial charge >= 0.3 is 0 Å². The van der Waals surface area contributed by atoms with Gasteiger partial charge in [0.05, 0.1) is 6.26 Å². The molecule has 34 heavy (non-hydrogen) atoms. The van der Waals surface area contributed by atoms with Gasteiger partial charge in [0.25, 0.3) is 0 Å². The zero-order valence-corrected chi connectivity index (χ0v) is 20.6. The van der Waals surface area contributed by atoms with E-state index in [0.717, 1.165) is 11.1 Å². The first-order valence-corrected chi connectivity index (χ1v) is 13.5. The molecule has 0 bridgehead atoms. The summed E-state index contributed by atoms with van der Waals surface area (Å²) in [6.07, 6.45) is 4.83. The molecule has 0 heterocycles. The Bertz CT molecular complexity index is 1100. The molecule has 0 aliphatic heterocycles. The third kappa shape index (κ3) is 9.34. The molecule has 0 spiro atoms. The van der Waals surface area contributed by atoms with E-state index in [4.69, 9.17) is 0 Å². The molecule has 0 atom stereocenters. The number of sulfonamides is 1. The van der Waals surface area contributed by atoms with Crippen molar-refractivity contribution in [2.75, 3.05) is 6.26 Å². The molecule has 0 saturated carbocycles. The van der Waals surface area contributed by atoms with Crippen LogP contribution in [0.15, 0.2) is 121 Å². The van der Waals surface area contributed by atoms with E-state index in [2.05, 4.69) is 60.7 Å². The SMILES string of the molecule is CS(=O)(=O)N(Cc1ccccc1)Cc1ccccc1.c1ccc(CCCc2ccccc2)cc1. The van der Waals surface area contributed by atoms with Crippen molar-refractivity contribution in [3.63, 3.8) is 0 Å². The molecule has 0 fully saturated rings. The largest absolute Gasteiger partial charge is 0.212 e. The third-order valence-electron chi connectivity index (χ3n) is 5.49. The maximum atomic E-state index is 11.9. The van der Waals surface area contributed by atoms with Crippen LogP contribution < -0.4 is 0 Å². The summed E-state index contributed by atoms with van der Waals surface area (Å²) in [7, 11) is -3.23. The maximum absolute atomic E-state index is 11.9. The summed E-state index contributed by atoms with van der Waals surface area (Å²) in [4.78, 5) is 0. The van der Waals surface area contributed by atoms with Crippen molar-refractivity contribution in [2.24, 2.45) is 0 Å². The van der Waals surface area contributed by atoms with Crippen LogP contribution in [-0.2, 0) is 36.0 Å². The van der Waals surface area contributed by atoms with Gasteiger partial charge in [-0.15, -0.1) is 0 Å². The first-order valence-electron chi connectivity index (χ1n) is 11.6. The minimum Gasteiger partial charge on any atom is -0.212 e. The first kappa shape index (κ1) is 25.4. The van der Waals surface area contributed by atoms with Gasteiger partial charge in [-0.05, 0) is 41.5 Å². The van der Waals surface area contributed by atoms with Crippen molar-refractivity contribution < 1.29 is 8.42 Å².